The van der Waals surface area contributed by atoms with Crippen LogP contribution in [-0.4, -0.2) is 23.8 Å². The predicted octanol–water partition coefficient (Wildman–Crippen LogP) is 3.12. The Hall–Kier alpha value is -1.42. The molecule has 0 unspecified atom stereocenters. The lowest BCUT2D eigenvalue weighted by atomic mass is 9.92. The van der Waals surface area contributed by atoms with Crippen molar-refractivity contribution in [2.45, 2.75) is 39.2 Å². The number of piperidine rings is 1. The second kappa shape index (κ2) is 6.84. The predicted molar refractivity (Wildman–Crippen MR) is 80.3 cm³/mol. The molecule has 1 aromatic rings. The molecule has 0 aromatic heterocycles. The molecule has 1 heterocycles. The Balaban J connectivity index is 1.98. The summed E-state index contributed by atoms with van der Waals surface area (Å²) in [5.41, 5.74) is 6.25. The summed E-state index contributed by atoms with van der Waals surface area (Å²) in [6.07, 6.45) is 4.98. The minimum Gasteiger partial charge on any atom is -0.384 e. The molecule has 0 spiro atoms. The fraction of sp³-hybridized carbons (Fsp3) is 0.562. The summed E-state index contributed by atoms with van der Waals surface area (Å²) >= 11 is 0. The first-order chi connectivity index (χ1) is 9.61. The van der Waals surface area contributed by atoms with Crippen LogP contribution in [0, 0.1) is 17.1 Å². The van der Waals surface area contributed by atoms with Gasteiger partial charge < -0.3 is 5.73 Å². The van der Waals surface area contributed by atoms with Crippen molar-refractivity contribution in [3.05, 3.63) is 35.1 Å². The van der Waals surface area contributed by atoms with Gasteiger partial charge in [0.2, 0.25) is 0 Å². The van der Waals surface area contributed by atoms with Gasteiger partial charge in [0, 0.05) is 12.1 Å². The minimum absolute atomic E-state index is 0.203. The Morgan fingerprint density at radius 1 is 1.40 bits per heavy atom. The van der Waals surface area contributed by atoms with E-state index < -0.39 is 0 Å². The molecule has 0 bridgehead atoms. The average molecular weight is 277 g/mol. The van der Waals surface area contributed by atoms with Gasteiger partial charge in [-0.25, -0.2) is 4.39 Å². The number of hydrogen-bond acceptors (Lipinski definition) is 2. The Morgan fingerprint density at radius 2 is 2.10 bits per heavy atom. The van der Waals surface area contributed by atoms with Gasteiger partial charge in [0.25, 0.3) is 0 Å². The van der Waals surface area contributed by atoms with E-state index >= 15 is 0 Å². The molecule has 3 N–H and O–H groups in total. The molecule has 2 rings (SSSR count). The first-order valence-electron chi connectivity index (χ1n) is 7.46. The highest BCUT2D eigenvalue weighted by atomic mass is 19.1. The lowest BCUT2D eigenvalue weighted by molar-refractivity contribution is 0.170. The van der Waals surface area contributed by atoms with Crippen molar-refractivity contribution in [2.24, 2.45) is 11.7 Å². The second-order valence-electron chi connectivity index (χ2n) is 5.70. The summed E-state index contributed by atoms with van der Waals surface area (Å²) < 4.78 is 14.2. The number of nitrogen functional groups attached to an aromatic ring is 1. The summed E-state index contributed by atoms with van der Waals surface area (Å²) in [5, 5.41) is 7.39. The second-order valence-corrected chi connectivity index (χ2v) is 5.70. The third-order valence-corrected chi connectivity index (χ3v) is 4.17. The molecule has 1 fully saturated rings. The van der Waals surface area contributed by atoms with Crippen LogP contribution >= 0.6 is 0 Å². The zero-order valence-corrected chi connectivity index (χ0v) is 12.2. The van der Waals surface area contributed by atoms with Gasteiger partial charge in [-0.1, -0.05) is 31.9 Å². The quantitative estimate of drug-likeness (QED) is 0.642. The topological polar surface area (TPSA) is 53.1 Å². The number of nitrogens with one attached hydrogen (secondary N) is 1. The van der Waals surface area contributed by atoms with Gasteiger partial charge in [-0.2, -0.15) is 0 Å². The van der Waals surface area contributed by atoms with E-state index in [9.17, 15) is 4.39 Å². The van der Waals surface area contributed by atoms with E-state index in [4.69, 9.17) is 11.1 Å². The fourth-order valence-corrected chi connectivity index (χ4v) is 2.99. The summed E-state index contributed by atoms with van der Waals surface area (Å²) in [6, 6.07) is 5.13. The normalized spacial score (nSPS) is 17.3. The Morgan fingerprint density at radius 3 is 2.70 bits per heavy atom. The molecular weight excluding hydrogens is 253 g/mol. The molecule has 1 aliphatic rings. The number of rotatable bonds is 5. The molecule has 0 radical (unpaired) electrons. The number of nitrogens with zero attached hydrogens (tertiary/aromatic N) is 1. The lowest BCUT2D eigenvalue weighted by Crippen LogP contribution is -2.33. The Kier molecular flexibility index (Phi) is 5.12. The van der Waals surface area contributed by atoms with Crippen LogP contribution in [-0.2, 0) is 6.54 Å². The third kappa shape index (κ3) is 3.57. The fourth-order valence-electron chi connectivity index (χ4n) is 2.99. The van der Waals surface area contributed by atoms with E-state index in [0.717, 1.165) is 19.0 Å². The molecule has 1 aromatic carbocycles. The third-order valence-electron chi connectivity index (χ3n) is 4.17. The van der Waals surface area contributed by atoms with Crippen molar-refractivity contribution < 1.29 is 4.39 Å². The number of likely N-dealkylation sites (tertiary alicyclic amines) is 1. The first kappa shape index (κ1) is 15.0. The van der Waals surface area contributed by atoms with E-state index in [0.29, 0.717) is 12.1 Å². The standard InChI is InChI=1S/C16H24FN3/c1-2-4-12-7-9-20(10-8-12)11-13-5-3-6-14(15(13)17)16(18)19/h3,5-6,12H,2,4,7-11H2,1H3,(H3,18,19). The van der Waals surface area contributed by atoms with Gasteiger partial charge in [-0.15, -0.1) is 0 Å². The van der Waals surface area contributed by atoms with Crippen molar-refractivity contribution >= 4 is 5.84 Å². The van der Waals surface area contributed by atoms with Crippen LogP contribution < -0.4 is 5.73 Å². The van der Waals surface area contributed by atoms with Crippen LogP contribution in [0.15, 0.2) is 18.2 Å². The molecule has 4 heteroatoms. The smallest absolute Gasteiger partial charge is 0.138 e. The van der Waals surface area contributed by atoms with Crippen molar-refractivity contribution in [2.75, 3.05) is 13.1 Å². The number of hydrogen-bond donors (Lipinski definition) is 2. The van der Waals surface area contributed by atoms with Gasteiger partial charge in [0.15, 0.2) is 0 Å². The largest absolute Gasteiger partial charge is 0.384 e. The SMILES string of the molecule is CCCC1CCN(Cc2cccc(C(=N)N)c2F)CC1. The first-order valence-corrected chi connectivity index (χ1v) is 7.46. The number of nitrogens with two attached hydrogens (primary N) is 1. The van der Waals surface area contributed by atoms with Crippen LogP contribution in [0.2, 0.25) is 0 Å². The molecule has 0 saturated carbocycles. The van der Waals surface area contributed by atoms with Crippen LogP contribution in [0.5, 0.6) is 0 Å². The van der Waals surface area contributed by atoms with Crippen LogP contribution in [0.1, 0.15) is 43.7 Å². The summed E-state index contributed by atoms with van der Waals surface area (Å²) in [4.78, 5) is 2.30. The van der Waals surface area contributed by atoms with Gasteiger partial charge in [0.05, 0.1) is 5.56 Å². The average Bonchev–Trinajstić information content (AvgIpc) is 2.43. The maximum atomic E-state index is 14.2. The highest BCUT2D eigenvalue weighted by Gasteiger charge is 2.20. The zero-order chi connectivity index (χ0) is 14.5. The number of benzene rings is 1. The van der Waals surface area contributed by atoms with Gasteiger partial charge >= 0.3 is 0 Å². The summed E-state index contributed by atoms with van der Waals surface area (Å²) in [6.45, 7) is 4.92. The van der Waals surface area contributed by atoms with Crippen LogP contribution in [0.4, 0.5) is 4.39 Å². The van der Waals surface area contributed by atoms with Gasteiger partial charge in [0.1, 0.15) is 11.7 Å². The van der Waals surface area contributed by atoms with Crippen molar-refractivity contribution in [3.8, 4) is 0 Å². The van der Waals surface area contributed by atoms with Crippen molar-refractivity contribution in [3.63, 3.8) is 0 Å². The molecule has 20 heavy (non-hydrogen) atoms. The van der Waals surface area contributed by atoms with E-state index in [1.807, 2.05) is 0 Å². The monoisotopic (exact) mass is 277 g/mol. The molecule has 3 nitrogen and oxygen atoms in total. The van der Waals surface area contributed by atoms with Crippen LogP contribution in [0.3, 0.4) is 0 Å². The molecule has 0 amide bonds. The lowest BCUT2D eigenvalue weighted by Gasteiger charge is -2.32. The van der Waals surface area contributed by atoms with E-state index in [-0.39, 0.29) is 17.2 Å². The highest BCUT2D eigenvalue weighted by Crippen LogP contribution is 2.23. The Bertz CT molecular complexity index is 465. The maximum absolute atomic E-state index is 14.2. The van der Waals surface area contributed by atoms with Crippen LogP contribution in [0.25, 0.3) is 0 Å². The minimum atomic E-state index is -0.337. The number of halogens is 1. The van der Waals surface area contributed by atoms with Gasteiger partial charge in [-0.3, -0.25) is 10.3 Å². The molecule has 0 atom stereocenters. The molecule has 1 saturated heterocycles. The zero-order valence-electron chi connectivity index (χ0n) is 12.2. The van der Waals surface area contributed by atoms with Crippen molar-refractivity contribution in [1.29, 1.82) is 5.41 Å². The molecule has 110 valence electrons. The number of amidine groups is 1. The van der Waals surface area contributed by atoms with E-state index in [1.54, 1.807) is 18.2 Å². The maximum Gasteiger partial charge on any atom is 0.138 e. The van der Waals surface area contributed by atoms with E-state index in [1.165, 1.54) is 25.7 Å². The summed E-state index contributed by atoms with van der Waals surface area (Å²) in [5.74, 6) is 0.298. The Labute approximate surface area is 120 Å². The molecule has 0 aliphatic carbocycles. The van der Waals surface area contributed by atoms with E-state index in [2.05, 4.69) is 11.8 Å². The molecular formula is C16H24FN3. The van der Waals surface area contributed by atoms with Crippen molar-refractivity contribution in [1.82, 2.24) is 4.90 Å². The van der Waals surface area contributed by atoms with Gasteiger partial charge in [-0.05, 0) is 37.9 Å². The summed E-state index contributed by atoms with van der Waals surface area (Å²) in [7, 11) is 0. The highest BCUT2D eigenvalue weighted by molar-refractivity contribution is 5.95. The molecule has 1 aliphatic heterocycles.